The number of imidazole rings is 1. The highest BCUT2D eigenvalue weighted by atomic mass is 16.7. The van der Waals surface area contributed by atoms with Crippen molar-refractivity contribution < 1.29 is 24.1 Å². The Labute approximate surface area is 233 Å². The Morgan fingerprint density at radius 3 is 2.23 bits per heavy atom. The molecule has 0 aliphatic carbocycles. The van der Waals surface area contributed by atoms with Gasteiger partial charge in [0.2, 0.25) is 12.9 Å². The van der Waals surface area contributed by atoms with Crippen molar-refractivity contribution in [3.8, 4) is 17.2 Å². The number of nitrogens with zero attached hydrogens (tertiary/aromatic N) is 2. The third-order valence-electron chi connectivity index (χ3n) is 7.23. The van der Waals surface area contributed by atoms with Crippen LogP contribution < -0.4 is 19.9 Å². The average molecular weight is 545 g/mol. The van der Waals surface area contributed by atoms with Gasteiger partial charge in [-0.25, -0.2) is 9.59 Å². The second-order valence-electron chi connectivity index (χ2n) is 10.5. The first-order chi connectivity index (χ1) is 19.3. The van der Waals surface area contributed by atoms with Gasteiger partial charge in [-0.15, -0.1) is 0 Å². The topological polar surface area (TPSA) is 91.9 Å². The molecule has 2 heterocycles. The van der Waals surface area contributed by atoms with E-state index in [4.69, 9.17) is 14.2 Å². The molecule has 0 radical (unpaired) electrons. The Morgan fingerprint density at radius 1 is 0.950 bits per heavy atom. The second kappa shape index (κ2) is 11.5. The quantitative estimate of drug-likeness (QED) is 0.239. The van der Waals surface area contributed by atoms with E-state index in [9.17, 15) is 14.7 Å². The number of rotatable bonds is 11. The van der Waals surface area contributed by atoms with E-state index < -0.39 is 12.1 Å². The van der Waals surface area contributed by atoms with Crippen molar-refractivity contribution in [3.63, 3.8) is 0 Å². The van der Waals surface area contributed by atoms with E-state index in [0.717, 1.165) is 53.4 Å². The first-order valence-corrected chi connectivity index (χ1v) is 14.0. The van der Waals surface area contributed by atoms with E-state index in [1.54, 1.807) is 18.2 Å². The van der Waals surface area contributed by atoms with Crippen molar-refractivity contribution in [2.24, 2.45) is 0 Å². The Hall–Kier alpha value is -4.20. The normalized spacial score (nSPS) is 13.2. The van der Waals surface area contributed by atoms with Gasteiger partial charge < -0.3 is 19.3 Å². The molecule has 5 rings (SSSR count). The number of para-hydroxylation sites is 2. The molecule has 0 saturated carbocycles. The summed E-state index contributed by atoms with van der Waals surface area (Å²) in [6, 6.07) is 17.1. The van der Waals surface area contributed by atoms with Gasteiger partial charge in [-0.2, -0.15) is 0 Å². The standard InChI is InChI=1S/C32H36N2O6/c1-5-9-22-15-21(18-33-25-11-7-8-12-26(25)34(20(3)4)32(33)37)16-23(10-6-2)29(22)40-30(31(35)36)24-13-14-27-28(17-24)39-19-38-27/h7-8,11-17,20,30H,5-6,9-10,18-19H2,1-4H3,(H,35,36). The molecule has 1 aliphatic heterocycles. The van der Waals surface area contributed by atoms with Crippen LogP contribution in [0.15, 0.2) is 59.4 Å². The summed E-state index contributed by atoms with van der Waals surface area (Å²) in [6.07, 6.45) is 1.95. The van der Waals surface area contributed by atoms with Crippen molar-refractivity contribution in [1.82, 2.24) is 9.13 Å². The van der Waals surface area contributed by atoms with Crippen LogP contribution in [0.4, 0.5) is 0 Å². The Bertz CT molecular complexity index is 1570. The van der Waals surface area contributed by atoms with E-state index in [0.29, 0.717) is 29.4 Å². The molecule has 3 aromatic carbocycles. The van der Waals surface area contributed by atoms with Gasteiger partial charge in [0.05, 0.1) is 17.6 Å². The van der Waals surface area contributed by atoms with Crippen LogP contribution in [0, 0.1) is 0 Å². The minimum Gasteiger partial charge on any atom is -0.478 e. The predicted octanol–water partition coefficient (Wildman–Crippen LogP) is 6.27. The number of hydrogen-bond acceptors (Lipinski definition) is 5. The number of aliphatic carboxylic acids is 1. The molecule has 1 aliphatic rings. The van der Waals surface area contributed by atoms with Crippen molar-refractivity contribution >= 4 is 17.0 Å². The third kappa shape index (κ3) is 5.18. The first kappa shape index (κ1) is 27.4. The molecule has 0 saturated heterocycles. The molecule has 0 bridgehead atoms. The van der Waals surface area contributed by atoms with E-state index in [2.05, 4.69) is 26.0 Å². The second-order valence-corrected chi connectivity index (χ2v) is 10.5. The fourth-order valence-corrected chi connectivity index (χ4v) is 5.50. The summed E-state index contributed by atoms with van der Waals surface area (Å²) in [6.45, 7) is 8.73. The zero-order chi connectivity index (χ0) is 28.4. The average Bonchev–Trinajstić information content (AvgIpc) is 3.50. The molecular weight excluding hydrogens is 508 g/mol. The van der Waals surface area contributed by atoms with Gasteiger partial charge in [0, 0.05) is 11.6 Å². The van der Waals surface area contributed by atoms with E-state index in [-0.39, 0.29) is 18.5 Å². The van der Waals surface area contributed by atoms with Gasteiger partial charge in [0.15, 0.2) is 11.5 Å². The van der Waals surface area contributed by atoms with Gasteiger partial charge in [-0.05, 0) is 67.6 Å². The largest absolute Gasteiger partial charge is 0.478 e. The lowest BCUT2D eigenvalue weighted by atomic mass is 9.97. The third-order valence-corrected chi connectivity index (χ3v) is 7.23. The number of benzene rings is 3. The monoisotopic (exact) mass is 544 g/mol. The molecule has 1 aromatic heterocycles. The summed E-state index contributed by atoms with van der Waals surface area (Å²) in [7, 11) is 0. The van der Waals surface area contributed by atoms with Crippen LogP contribution in [0.5, 0.6) is 17.2 Å². The number of aromatic nitrogens is 2. The van der Waals surface area contributed by atoms with Gasteiger partial charge in [-0.3, -0.25) is 9.13 Å². The van der Waals surface area contributed by atoms with Crippen LogP contribution in [0.1, 0.15) is 74.9 Å². The summed E-state index contributed by atoms with van der Waals surface area (Å²) in [5, 5.41) is 10.2. The number of carboxylic acid groups (broad SMARTS) is 1. The van der Waals surface area contributed by atoms with E-state index >= 15 is 0 Å². The van der Waals surface area contributed by atoms with Gasteiger partial charge in [0.1, 0.15) is 5.75 Å². The van der Waals surface area contributed by atoms with E-state index in [1.807, 2.05) is 47.2 Å². The number of ether oxygens (including phenoxy) is 3. The molecule has 0 fully saturated rings. The summed E-state index contributed by atoms with van der Waals surface area (Å²) >= 11 is 0. The fraction of sp³-hybridized carbons (Fsp3) is 0.375. The molecule has 4 aromatic rings. The van der Waals surface area contributed by atoms with Crippen LogP contribution in [0.2, 0.25) is 0 Å². The lowest BCUT2D eigenvalue weighted by Crippen LogP contribution is -2.26. The molecule has 0 spiro atoms. The predicted molar refractivity (Wildman–Crippen MR) is 154 cm³/mol. The summed E-state index contributed by atoms with van der Waals surface area (Å²) in [4.78, 5) is 25.9. The SMILES string of the molecule is CCCc1cc(Cn2c(=O)n(C(C)C)c3ccccc32)cc(CCC)c1OC(C(=O)O)c1ccc2c(c1)OCO2. The maximum atomic E-state index is 13.5. The molecule has 0 amide bonds. The maximum Gasteiger partial charge on any atom is 0.349 e. The summed E-state index contributed by atoms with van der Waals surface area (Å²) < 4.78 is 20.9. The molecule has 1 atom stereocenters. The number of hydrogen-bond donors (Lipinski definition) is 1. The van der Waals surface area contributed by atoms with Crippen LogP contribution in [-0.2, 0) is 24.2 Å². The highest BCUT2D eigenvalue weighted by molar-refractivity contribution is 5.77. The zero-order valence-corrected chi connectivity index (χ0v) is 23.5. The zero-order valence-electron chi connectivity index (χ0n) is 23.5. The lowest BCUT2D eigenvalue weighted by Gasteiger charge is -2.22. The van der Waals surface area contributed by atoms with Crippen LogP contribution in [0.3, 0.4) is 0 Å². The number of carbonyl (C=O) groups is 1. The summed E-state index contributed by atoms with van der Waals surface area (Å²) in [5.74, 6) is 0.622. The minimum absolute atomic E-state index is 0.0323. The molecule has 210 valence electrons. The van der Waals surface area contributed by atoms with Crippen molar-refractivity contribution in [2.45, 2.75) is 72.1 Å². The Balaban J connectivity index is 1.57. The number of aryl methyl sites for hydroxylation is 2. The molecule has 8 nitrogen and oxygen atoms in total. The summed E-state index contributed by atoms with van der Waals surface area (Å²) in [5.41, 5.74) is 5.12. The van der Waals surface area contributed by atoms with Gasteiger partial charge >= 0.3 is 11.7 Å². The molecule has 40 heavy (non-hydrogen) atoms. The van der Waals surface area contributed by atoms with Crippen LogP contribution in [-0.4, -0.2) is 27.0 Å². The molecule has 8 heteroatoms. The fourth-order valence-electron chi connectivity index (χ4n) is 5.50. The first-order valence-electron chi connectivity index (χ1n) is 14.0. The molecular formula is C32H36N2O6. The molecule has 1 N–H and O–H groups in total. The minimum atomic E-state index is -1.21. The lowest BCUT2D eigenvalue weighted by molar-refractivity contribution is -0.145. The number of fused-ring (bicyclic) bond motifs is 2. The van der Waals surface area contributed by atoms with Crippen molar-refractivity contribution in [2.75, 3.05) is 6.79 Å². The van der Waals surface area contributed by atoms with Crippen molar-refractivity contribution in [3.05, 3.63) is 87.3 Å². The van der Waals surface area contributed by atoms with Crippen LogP contribution >= 0.6 is 0 Å². The Kier molecular flexibility index (Phi) is 7.87. The Morgan fingerprint density at radius 2 is 1.60 bits per heavy atom. The highest BCUT2D eigenvalue weighted by Gasteiger charge is 2.27. The van der Waals surface area contributed by atoms with Gasteiger partial charge in [0.25, 0.3) is 0 Å². The highest BCUT2D eigenvalue weighted by Crippen LogP contribution is 2.38. The molecule has 1 unspecified atom stereocenters. The van der Waals surface area contributed by atoms with Gasteiger partial charge in [-0.1, -0.05) is 57.0 Å². The van der Waals surface area contributed by atoms with Crippen molar-refractivity contribution in [1.29, 1.82) is 0 Å². The smallest absolute Gasteiger partial charge is 0.349 e. The van der Waals surface area contributed by atoms with E-state index in [1.165, 1.54) is 0 Å². The number of carboxylic acids is 1. The van der Waals surface area contributed by atoms with Crippen LogP contribution in [0.25, 0.3) is 11.0 Å². The maximum absolute atomic E-state index is 13.5.